The third-order valence-corrected chi connectivity index (χ3v) is 12.5. The molecule has 0 saturated carbocycles. The number of Topliss-reactive ketones (excluding diaryl/α,β-unsaturated/α-hetero) is 1. The molecule has 65 heavy (non-hydrogen) atoms. The summed E-state index contributed by atoms with van der Waals surface area (Å²) in [4.78, 5) is 56.2. The van der Waals surface area contributed by atoms with E-state index in [1.165, 1.54) is 0 Å². The Kier molecular flexibility index (Phi) is 16.9. The smallest absolute Gasteiger partial charge is 0.410 e. The maximum absolute atomic E-state index is 13.6. The fourth-order valence-electron chi connectivity index (χ4n) is 8.90. The van der Waals surface area contributed by atoms with E-state index in [0.29, 0.717) is 57.5 Å². The highest BCUT2D eigenvalue weighted by atomic mass is 16.6. The third kappa shape index (κ3) is 12.7. The van der Waals surface area contributed by atoms with Crippen molar-refractivity contribution < 1.29 is 19.1 Å². The molecule has 1 unspecified atom stereocenters. The Balaban J connectivity index is 0.782. The first kappa shape index (κ1) is 46.7. The highest BCUT2D eigenvalue weighted by Crippen LogP contribution is 2.39. The lowest BCUT2D eigenvalue weighted by Gasteiger charge is -2.34. The number of fused-ring (bicyclic) bond motifs is 5. The van der Waals surface area contributed by atoms with Crippen LogP contribution in [0.2, 0.25) is 0 Å². The van der Waals surface area contributed by atoms with Gasteiger partial charge in [-0.1, -0.05) is 105 Å². The Morgan fingerprint density at radius 1 is 0.708 bits per heavy atom. The van der Waals surface area contributed by atoms with Crippen molar-refractivity contribution in [2.75, 3.05) is 31.5 Å². The Bertz CT molecular complexity index is 2550. The number of nitrogens with zero attached hydrogens (tertiary/aromatic N) is 3. The van der Waals surface area contributed by atoms with Gasteiger partial charge in [0.15, 0.2) is 0 Å². The van der Waals surface area contributed by atoms with Gasteiger partial charge in [0.2, 0.25) is 5.91 Å². The molecule has 1 fully saturated rings. The fourth-order valence-corrected chi connectivity index (χ4v) is 8.90. The number of carbonyl (C=O) groups is 3. The maximum atomic E-state index is 13.6. The number of ketones is 1. The van der Waals surface area contributed by atoms with Gasteiger partial charge in [0.05, 0.1) is 12.2 Å². The summed E-state index contributed by atoms with van der Waals surface area (Å²) in [5.74, 6) is 0.496. The van der Waals surface area contributed by atoms with E-state index in [2.05, 4.69) is 108 Å². The molecule has 3 aromatic carbocycles. The first-order valence-corrected chi connectivity index (χ1v) is 23.7. The van der Waals surface area contributed by atoms with Gasteiger partial charge >= 0.3 is 6.09 Å². The Labute approximate surface area is 384 Å². The van der Waals surface area contributed by atoms with E-state index < -0.39 is 0 Å². The number of piperazine rings is 1. The van der Waals surface area contributed by atoms with Gasteiger partial charge in [-0.25, -0.2) is 4.79 Å². The van der Waals surface area contributed by atoms with E-state index in [1.807, 2.05) is 54.0 Å². The zero-order valence-corrected chi connectivity index (χ0v) is 38.2. The summed E-state index contributed by atoms with van der Waals surface area (Å²) in [5.41, 5.74) is 6.56. The molecule has 1 atom stereocenters. The molecule has 1 saturated heterocycles. The predicted molar refractivity (Wildman–Crippen MR) is 265 cm³/mol. The third-order valence-electron chi connectivity index (χ3n) is 12.5. The quantitative estimate of drug-likeness (QED) is 0.0830. The topological polar surface area (TPSA) is 101 Å². The fraction of sp³-hybridized carbons (Fsp3) is 0.357. The molecule has 0 radical (unpaired) electrons. The number of nitrogens with one attached hydrogen (secondary N) is 1. The summed E-state index contributed by atoms with van der Waals surface area (Å²) in [7, 11) is 0. The standard InChI is InChI=1S/C56H64N4O5/c1-3-5-6-7-8-9-10-11-12-13-14-15-16-17-18-19-20-21-22-23-54(62)57-46-27-24-42(25-28-46)40-58-32-34-59(35-33-58)56(64)65-47-29-26-43-38-50-45(36-44(43)37-47)41-60-52(50)39-51-48(4-2)53(61)31-30-49(51)55(60)63/h5-6,8-9,11-12,14-15,17-18,20-21,24-29,36-39,48H,3-4,7,10,13,16,19,22-23,30-35,40-41H2,1-2H3,(H,57,62)/b6-5-,9-8-,12-11-,15-14-,18-17-,21-20-. The number of hydrogen-bond acceptors (Lipinski definition) is 6. The van der Waals surface area contributed by atoms with E-state index in [1.54, 1.807) is 4.90 Å². The van der Waals surface area contributed by atoms with Crippen molar-refractivity contribution in [3.63, 3.8) is 0 Å². The molecule has 3 aliphatic rings. The van der Waals surface area contributed by atoms with Crippen LogP contribution in [0.5, 0.6) is 5.75 Å². The van der Waals surface area contributed by atoms with E-state index in [-0.39, 0.29) is 29.3 Å². The van der Waals surface area contributed by atoms with Crippen LogP contribution in [0.15, 0.2) is 138 Å². The van der Waals surface area contributed by atoms with Crippen molar-refractivity contribution in [2.45, 2.75) is 103 Å². The lowest BCUT2D eigenvalue weighted by molar-refractivity contribution is -0.121. The SMILES string of the molecule is CC/C=C\C/C=C\C/C=C\C/C=C\C/C=C\C/C=C\CCC(=O)Nc1ccc(CN2CCN(C(=O)Oc3ccc4cc5c(cc4c3)Cn3c-5cc4c(c3=O)CCC(=O)C4CC)CC2)cc1. The number of amides is 2. The van der Waals surface area contributed by atoms with Gasteiger partial charge in [0.25, 0.3) is 5.56 Å². The number of ether oxygens (including phenoxy) is 1. The molecule has 4 aromatic rings. The largest absolute Gasteiger partial charge is 0.415 e. The van der Waals surface area contributed by atoms with Crippen LogP contribution in [0.25, 0.3) is 22.0 Å². The number of anilines is 1. The van der Waals surface area contributed by atoms with Crippen molar-refractivity contribution in [3.8, 4) is 17.0 Å². The second kappa shape index (κ2) is 23.6. The van der Waals surface area contributed by atoms with Gasteiger partial charge in [-0.15, -0.1) is 0 Å². The molecule has 9 nitrogen and oxygen atoms in total. The molecule has 0 spiro atoms. The van der Waals surface area contributed by atoms with Gasteiger partial charge in [-0.3, -0.25) is 19.3 Å². The van der Waals surface area contributed by atoms with E-state index in [9.17, 15) is 19.2 Å². The van der Waals surface area contributed by atoms with Crippen molar-refractivity contribution >= 4 is 34.2 Å². The van der Waals surface area contributed by atoms with Crippen LogP contribution in [0, 0.1) is 0 Å². The van der Waals surface area contributed by atoms with Gasteiger partial charge in [-0.05, 0) is 128 Å². The van der Waals surface area contributed by atoms with E-state index in [4.69, 9.17) is 4.74 Å². The van der Waals surface area contributed by atoms with Crippen LogP contribution in [0.3, 0.4) is 0 Å². The summed E-state index contributed by atoms with van der Waals surface area (Å²) < 4.78 is 7.72. The molecule has 2 amide bonds. The molecule has 3 heterocycles. The Hall–Kier alpha value is -6.32. The molecular weight excluding hydrogens is 809 g/mol. The highest BCUT2D eigenvalue weighted by Gasteiger charge is 2.32. The van der Waals surface area contributed by atoms with Crippen molar-refractivity contribution in [1.29, 1.82) is 0 Å². The minimum absolute atomic E-state index is 0.000167. The number of rotatable bonds is 19. The highest BCUT2D eigenvalue weighted by molar-refractivity contribution is 5.93. The molecule has 2 aliphatic heterocycles. The minimum atomic E-state index is -0.365. The molecule has 7 rings (SSSR count). The lowest BCUT2D eigenvalue weighted by Crippen LogP contribution is -2.49. The Morgan fingerprint density at radius 3 is 2.00 bits per heavy atom. The minimum Gasteiger partial charge on any atom is -0.410 e. The monoisotopic (exact) mass is 872 g/mol. The number of hydrogen-bond donors (Lipinski definition) is 1. The zero-order chi connectivity index (χ0) is 45.4. The summed E-state index contributed by atoms with van der Waals surface area (Å²) in [6, 6.07) is 19.9. The van der Waals surface area contributed by atoms with Crippen LogP contribution in [0.4, 0.5) is 10.5 Å². The number of benzene rings is 3. The van der Waals surface area contributed by atoms with Gasteiger partial charge < -0.3 is 19.5 Å². The summed E-state index contributed by atoms with van der Waals surface area (Å²) in [6.45, 7) is 7.97. The summed E-state index contributed by atoms with van der Waals surface area (Å²) in [5, 5.41) is 4.95. The maximum Gasteiger partial charge on any atom is 0.415 e. The molecule has 338 valence electrons. The van der Waals surface area contributed by atoms with Gasteiger partial charge in [-0.2, -0.15) is 0 Å². The van der Waals surface area contributed by atoms with Gasteiger partial charge in [0, 0.05) is 68.3 Å². The Morgan fingerprint density at radius 2 is 1.35 bits per heavy atom. The molecule has 1 N–H and O–H groups in total. The molecule has 1 aromatic heterocycles. The van der Waals surface area contributed by atoms with Crippen molar-refractivity contribution in [3.05, 3.63) is 166 Å². The first-order chi connectivity index (χ1) is 31.8. The lowest BCUT2D eigenvalue weighted by atomic mass is 9.80. The van der Waals surface area contributed by atoms with Crippen LogP contribution in [0.1, 0.15) is 106 Å². The zero-order valence-electron chi connectivity index (χ0n) is 38.2. The van der Waals surface area contributed by atoms with Crippen LogP contribution in [-0.2, 0) is 29.1 Å². The average Bonchev–Trinajstić information content (AvgIpc) is 3.67. The van der Waals surface area contributed by atoms with Crippen molar-refractivity contribution in [2.24, 2.45) is 0 Å². The number of carbonyl (C=O) groups excluding carboxylic acids is 3. The van der Waals surface area contributed by atoms with E-state index >= 15 is 0 Å². The first-order valence-electron chi connectivity index (χ1n) is 23.7. The average molecular weight is 873 g/mol. The van der Waals surface area contributed by atoms with Crippen LogP contribution in [-0.4, -0.2) is 58.3 Å². The molecule has 0 bridgehead atoms. The number of aromatic nitrogens is 1. The van der Waals surface area contributed by atoms with Crippen LogP contribution < -0.4 is 15.6 Å². The van der Waals surface area contributed by atoms with Gasteiger partial charge in [0.1, 0.15) is 11.5 Å². The summed E-state index contributed by atoms with van der Waals surface area (Å²) >= 11 is 0. The molecular formula is C56H64N4O5. The predicted octanol–water partition coefficient (Wildman–Crippen LogP) is 11.8. The molecule has 9 heteroatoms. The summed E-state index contributed by atoms with van der Waals surface area (Å²) in [6.07, 6.45) is 34.4. The second-order valence-corrected chi connectivity index (χ2v) is 17.1. The molecule has 1 aliphatic carbocycles. The van der Waals surface area contributed by atoms with Crippen molar-refractivity contribution in [1.82, 2.24) is 14.4 Å². The number of pyridine rings is 1. The van der Waals surface area contributed by atoms with Crippen LogP contribution >= 0.6 is 0 Å². The number of allylic oxidation sites excluding steroid dienone is 12. The van der Waals surface area contributed by atoms with E-state index in [0.717, 1.165) is 108 Å². The normalized spacial score (nSPS) is 16.6. The second-order valence-electron chi connectivity index (χ2n) is 17.1.